The molecule has 4 rings (SSSR count). The van der Waals surface area contributed by atoms with Crippen molar-refractivity contribution >= 4 is 33.0 Å². The van der Waals surface area contributed by atoms with Crippen LogP contribution >= 0.6 is 21.6 Å². The van der Waals surface area contributed by atoms with E-state index in [1.807, 2.05) is 0 Å². The first-order valence-electron chi connectivity index (χ1n) is 8.73. The summed E-state index contributed by atoms with van der Waals surface area (Å²) in [5, 5.41) is 42.1. The Bertz CT molecular complexity index is 1200. The summed E-state index contributed by atoms with van der Waals surface area (Å²) in [6.07, 6.45) is 2.72. The molecular formula is C18H12N6O6S2. The molecule has 0 saturated carbocycles. The third-order valence-corrected chi connectivity index (χ3v) is 6.33. The van der Waals surface area contributed by atoms with Gasteiger partial charge in [0.25, 0.3) is 11.4 Å². The van der Waals surface area contributed by atoms with E-state index in [2.05, 4.69) is 9.97 Å². The second kappa shape index (κ2) is 8.60. The van der Waals surface area contributed by atoms with E-state index in [1.54, 1.807) is 0 Å². The van der Waals surface area contributed by atoms with Crippen molar-refractivity contribution < 1.29 is 20.3 Å². The van der Waals surface area contributed by atoms with Gasteiger partial charge in [-0.15, -0.1) is 0 Å². The van der Waals surface area contributed by atoms with E-state index in [1.165, 1.54) is 60.9 Å². The fraction of sp³-hybridized carbons (Fsp3) is 0. The van der Waals surface area contributed by atoms with Gasteiger partial charge in [-0.05, 0) is 45.9 Å². The Morgan fingerprint density at radius 3 is 1.34 bits per heavy atom. The summed E-state index contributed by atoms with van der Waals surface area (Å²) in [5.41, 5.74) is 1.87. The Hall–Kier alpha value is -4.04. The van der Waals surface area contributed by atoms with Crippen LogP contribution in [0.4, 0.5) is 11.4 Å². The lowest BCUT2D eigenvalue weighted by Gasteiger charge is -1.98. The van der Waals surface area contributed by atoms with Crippen LogP contribution in [0.1, 0.15) is 0 Å². The predicted octanol–water partition coefficient (Wildman–Crippen LogP) is 4.50. The number of imidazole rings is 2. The highest BCUT2D eigenvalue weighted by molar-refractivity contribution is 8.76. The van der Waals surface area contributed by atoms with Gasteiger partial charge in [-0.3, -0.25) is 20.2 Å². The first-order valence-corrected chi connectivity index (χ1v) is 10.9. The molecule has 0 spiro atoms. The largest absolute Gasteiger partial charge is 0.426 e. The highest BCUT2D eigenvalue weighted by Crippen LogP contribution is 2.38. The number of rotatable bonds is 7. The number of hydrogen-bond acceptors (Lipinski definition) is 10. The van der Waals surface area contributed by atoms with Crippen molar-refractivity contribution in [1.29, 1.82) is 0 Å². The smallest absolute Gasteiger partial charge is 0.269 e. The highest BCUT2D eigenvalue weighted by Gasteiger charge is 2.16. The minimum absolute atomic E-state index is 0.0547. The van der Waals surface area contributed by atoms with E-state index in [4.69, 9.17) is 0 Å². The van der Waals surface area contributed by atoms with Crippen LogP contribution in [-0.4, -0.2) is 39.7 Å². The van der Waals surface area contributed by atoms with E-state index in [-0.39, 0.29) is 21.7 Å². The van der Waals surface area contributed by atoms with Gasteiger partial charge in [0, 0.05) is 35.4 Å². The molecule has 12 nitrogen and oxygen atoms in total. The normalized spacial score (nSPS) is 10.9. The van der Waals surface area contributed by atoms with Crippen LogP contribution in [0.3, 0.4) is 0 Å². The van der Waals surface area contributed by atoms with Crippen LogP contribution in [0.15, 0.2) is 71.2 Å². The van der Waals surface area contributed by atoms with Crippen LogP contribution < -0.4 is 0 Å². The van der Waals surface area contributed by atoms with Gasteiger partial charge in [0.15, 0.2) is 0 Å². The van der Waals surface area contributed by atoms with Gasteiger partial charge in [-0.25, -0.2) is 9.97 Å². The maximum absolute atomic E-state index is 10.8. The molecule has 0 aliphatic heterocycles. The molecule has 0 aliphatic rings. The Morgan fingerprint density at radius 1 is 0.688 bits per heavy atom. The number of non-ortho nitro benzene ring substituents is 2. The zero-order chi connectivity index (χ0) is 22.8. The lowest BCUT2D eigenvalue weighted by Crippen LogP contribution is -1.91. The van der Waals surface area contributed by atoms with Gasteiger partial charge in [0.05, 0.1) is 33.6 Å². The fourth-order valence-electron chi connectivity index (χ4n) is 2.68. The second-order valence-corrected chi connectivity index (χ2v) is 8.34. The summed E-state index contributed by atoms with van der Waals surface area (Å²) in [6, 6.07) is 11.5. The van der Waals surface area contributed by atoms with Crippen LogP contribution in [-0.2, 0) is 0 Å². The van der Waals surface area contributed by atoms with Crippen molar-refractivity contribution in [3.63, 3.8) is 0 Å². The van der Waals surface area contributed by atoms with E-state index < -0.39 is 9.85 Å². The molecule has 0 aliphatic carbocycles. The van der Waals surface area contributed by atoms with Crippen molar-refractivity contribution in [2.45, 2.75) is 10.3 Å². The molecule has 0 radical (unpaired) electrons. The van der Waals surface area contributed by atoms with Gasteiger partial charge in [0.1, 0.15) is 0 Å². The number of nitrogens with zero attached hydrogens (tertiary/aromatic N) is 6. The van der Waals surface area contributed by atoms with Gasteiger partial charge in [-0.2, -0.15) is 9.46 Å². The molecule has 2 heterocycles. The number of aromatic nitrogens is 4. The Labute approximate surface area is 186 Å². The zero-order valence-electron chi connectivity index (χ0n) is 15.8. The molecule has 0 saturated heterocycles. The van der Waals surface area contributed by atoms with Crippen LogP contribution in [0.25, 0.3) is 22.5 Å². The van der Waals surface area contributed by atoms with Gasteiger partial charge in [0.2, 0.25) is 10.3 Å². The highest BCUT2D eigenvalue weighted by atomic mass is 33.1. The molecule has 4 aromatic rings. The standard InChI is InChI=1S/C18H12N6O6S2/c25-21-9-15(11-1-5-13(6-2-11)23(27)28)19-17(21)31-32-18-20-16(10-22(18)26)12-3-7-14(8-4-12)24(29)30/h1-10,25-26H. The predicted molar refractivity (Wildman–Crippen MR) is 115 cm³/mol. The van der Waals surface area contributed by atoms with Gasteiger partial charge in [-0.1, -0.05) is 0 Å². The maximum atomic E-state index is 10.8. The van der Waals surface area contributed by atoms with Crippen molar-refractivity contribution in [1.82, 2.24) is 19.4 Å². The quantitative estimate of drug-likeness (QED) is 0.169. The molecule has 0 bridgehead atoms. The topological polar surface area (TPSA) is 162 Å². The third kappa shape index (κ3) is 4.35. The molecule has 2 aromatic carbocycles. The van der Waals surface area contributed by atoms with E-state index >= 15 is 0 Å². The van der Waals surface area contributed by atoms with Gasteiger partial charge < -0.3 is 10.4 Å². The van der Waals surface area contributed by atoms with Crippen molar-refractivity contribution in [3.8, 4) is 22.5 Å². The summed E-state index contributed by atoms with van der Waals surface area (Å²) in [5.74, 6) is 0. The Balaban J connectivity index is 1.48. The monoisotopic (exact) mass is 472 g/mol. The molecule has 0 amide bonds. The molecule has 0 fully saturated rings. The summed E-state index contributed by atoms with van der Waals surface area (Å²) in [4.78, 5) is 29.1. The Morgan fingerprint density at radius 2 is 1.03 bits per heavy atom. The number of nitro benzene ring substituents is 2. The lowest BCUT2D eigenvalue weighted by molar-refractivity contribution is -0.385. The van der Waals surface area contributed by atoms with Gasteiger partial charge >= 0.3 is 0 Å². The average molecular weight is 472 g/mol. The SMILES string of the molecule is O=[N+]([O-])c1ccc(-c2cn(O)c(SSc3nc(-c4ccc([N+](=O)[O-])cc4)cn3O)n2)cc1. The second-order valence-electron chi connectivity index (χ2n) is 6.28. The van der Waals surface area contributed by atoms with Crippen molar-refractivity contribution in [3.05, 3.63) is 81.2 Å². The molecule has 0 atom stereocenters. The summed E-state index contributed by atoms with van der Waals surface area (Å²) in [7, 11) is 2.06. The summed E-state index contributed by atoms with van der Waals surface area (Å²) in [6.45, 7) is 0. The summed E-state index contributed by atoms with van der Waals surface area (Å²) < 4.78 is 1.60. The number of nitro groups is 2. The van der Waals surface area contributed by atoms with E-state index in [0.29, 0.717) is 22.5 Å². The molecule has 0 unspecified atom stereocenters. The van der Waals surface area contributed by atoms with E-state index in [9.17, 15) is 30.6 Å². The average Bonchev–Trinajstić information content (AvgIpc) is 3.34. The number of benzene rings is 2. The zero-order valence-corrected chi connectivity index (χ0v) is 17.4. The lowest BCUT2D eigenvalue weighted by atomic mass is 10.1. The van der Waals surface area contributed by atoms with Crippen LogP contribution in [0, 0.1) is 20.2 Å². The molecule has 162 valence electrons. The first kappa shape index (κ1) is 21.2. The molecular weight excluding hydrogens is 460 g/mol. The molecule has 14 heteroatoms. The Kier molecular flexibility index (Phi) is 5.70. The van der Waals surface area contributed by atoms with E-state index in [0.717, 1.165) is 31.0 Å². The number of hydrogen-bond donors (Lipinski definition) is 2. The molecule has 32 heavy (non-hydrogen) atoms. The molecule has 2 N–H and O–H groups in total. The van der Waals surface area contributed by atoms with Crippen LogP contribution in [0.5, 0.6) is 0 Å². The van der Waals surface area contributed by atoms with Crippen molar-refractivity contribution in [2.24, 2.45) is 0 Å². The minimum atomic E-state index is -0.506. The minimum Gasteiger partial charge on any atom is -0.426 e. The third-order valence-electron chi connectivity index (χ3n) is 4.25. The fourth-order valence-corrected chi connectivity index (χ4v) is 4.49. The first-order chi connectivity index (χ1) is 15.3. The maximum Gasteiger partial charge on any atom is 0.269 e. The molecule has 2 aromatic heterocycles. The van der Waals surface area contributed by atoms with Crippen LogP contribution in [0.2, 0.25) is 0 Å². The summed E-state index contributed by atoms with van der Waals surface area (Å²) >= 11 is 0. The van der Waals surface area contributed by atoms with Crippen molar-refractivity contribution in [2.75, 3.05) is 0 Å².